The summed E-state index contributed by atoms with van der Waals surface area (Å²) in [6.07, 6.45) is 2.71. The molecule has 0 bridgehead atoms. The van der Waals surface area contributed by atoms with Crippen LogP contribution in [0, 0.1) is 11.3 Å². The zero-order chi connectivity index (χ0) is 21.9. The van der Waals surface area contributed by atoms with E-state index in [0.29, 0.717) is 27.5 Å². The summed E-state index contributed by atoms with van der Waals surface area (Å²) in [6.45, 7) is 6.91. The molecule has 1 aliphatic carbocycles. The molecule has 3 aromatic rings. The Bertz CT molecular complexity index is 1150. The van der Waals surface area contributed by atoms with Crippen molar-refractivity contribution in [1.29, 1.82) is 0 Å². The van der Waals surface area contributed by atoms with E-state index in [4.69, 9.17) is 27.6 Å². The second-order valence-electron chi connectivity index (χ2n) is 9.42. The van der Waals surface area contributed by atoms with E-state index < -0.39 is 6.17 Å². The van der Waals surface area contributed by atoms with Crippen molar-refractivity contribution in [1.82, 2.24) is 5.32 Å². The lowest BCUT2D eigenvalue weighted by Gasteiger charge is -2.34. The minimum absolute atomic E-state index is 0.0331. The maximum absolute atomic E-state index is 13.0. The summed E-state index contributed by atoms with van der Waals surface area (Å²) in [5, 5.41) is 8.59. The molecule has 7 heteroatoms. The molecule has 2 aromatic heterocycles. The lowest BCUT2D eigenvalue weighted by molar-refractivity contribution is 0.0930. The maximum Gasteiger partial charge on any atom is 0.256 e. The molecule has 0 spiro atoms. The Hall–Kier alpha value is -1.95. The van der Waals surface area contributed by atoms with Gasteiger partial charge in [0.1, 0.15) is 16.5 Å². The van der Waals surface area contributed by atoms with Crippen LogP contribution >= 0.6 is 34.5 Å². The largest absolute Gasteiger partial charge is 0.457 e. The van der Waals surface area contributed by atoms with Crippen LogP contribution in [0.1, 0.15) is 59.9 Å². The van der Waals surface area contributed by atoms with Gasteiger partial charge in [0.2, 0.25) is 0 Å². The van der Waals surface area contributed by atoms with Crippen molar-refractivity contribution in [3.05, 3.63) is 62.1 Å². The first-order chi connectivity index (χ1) is 14.7. The highest BCUT2D eigenvalue weighted by molar-refractivity contribution is 7.16. The van der Waals surface area contributed by atoms with Crippen molar-refractivity contribution in [2.45, 2.75) is 46.2 Å². The zero-order valence-electron chi connectivity index (χ0n) is 17.6. The number of carbonyl (C=O) groups is 1. The fourth-order valence-electron chi connectivity index (χ4n) is 4.54. The summed E-state index contributed by atoms with van der Waals surface area (Å²) in [7, 11) is 0. The summed E-state index contributed by atoms with van der Waals surface area (Å²) in [4.78, 5) is 14.4. The Balaban J connectivity index is 1.42. The third-order valence-corrected chi connectivity index (χ3v) is 7.95. The number of hydrogen-bond donors (Lipinski definition) is 2. The van der Waals surface area contributed by atoms with Crippen LogP contribution in [-0.2, 0) is 12.8 Å². The summed E-state index contributed by atoms with van der Waals surface area (Å²) in [5.41, 5.74) is 3.11. The van der Waals surface area contributed by atoms with Crippen molar-refractivity contribution in [2.24, 2.45) is 11.3 Å². The normalized spacial score (nSPS) is 20.6. The van der Waals surface area contributed by atoms with Crippen molar-refractivity contribution in [3.8, 4) is 11.3 Å². The van der Waals surface area contributed by atoms with E-state index in [1.807, 2.05) is 12.1 Å². The van der Waals surface area contributed by atoms with Gasteiger partial charge in [0, 0.05) is 20.5 Å². The van der Waals surface area contributed by atoms with Gasteiger partial charge in [-0.25, -0.2) is 0 Å². The number of carbonyl (C=O) groups excluding carboxylic acids is 1. The molecule has 0 unspecified atom stereocenters. The Morgan fingerprint density at radius 1 is 1.10 bits per heavy atom. The predicted molar refractivity (Wildman–Crippen MR) is 127 cm³/mol. The molecule has 3 heterocycles. The van der Waals surface area contributed by atoms with Crippen LogP contribution in [0.5, 0.6) is 0 Å². The number of halogens is 2. The molecule has 1 aromatic carbocycles. The molecule has 4 nitrogen and oxygen atoms in total. The second-order valence-corrected chi connectivity index (χ2v) is 11.4. The standard InChI is InChI=1S/C24H24Cl2N2O2S/c1-24(2,3)13-4-5-16-19(10-13)31-23-20(16)22(29)27-21(28-23)18-7-6-17(30-18)12-8-14(25)11-15(26)9-12/h6-9,11,13,21,28H,4-5,10H2,1-3H3,(H,27,29)/t13-,21-/m0/s1. The van der Waals surface area contributed by atoms with Gasteiger partial charge >= 0.3 is 0 Å². The summed E-state index contributed by atoms with van der Waals surface area (Å²) >= 11 is 14.0. The monoisotopic (exact) mass is 474 g/mol. The molecule has 0 saturated heterocycles. The molecular formula is C24H24Cl2N2O2S. The summed E-state index contributed by atoms with van der Waals surface area (Å²) in [6, 6.07) is 9.04. The molecule has 31 heavy (non-hydrogen) atoms. The minimum atomic E-state index is -0.415. The molecule has 0 saturated carbocycles. The van der Waals surface area contributed by atoms with E-state index in [-0.39, 0.29) is 11.3 Å². The first-order valence-corrected chi connectivity index (χ1v) is 12.0. The second kappa shape index (κ2) is 7.58. The highest BCUT2D eigenvalue weighted by atomic mass is 35.5. The third-order valence-electron chi connectivity index (χ3n) is 6.33. The van der Waals surface area contributed by atoms with Crippen molar-refractivity contribution < 1.29 is 9.21 Å². The number of nitrogens with one attached hydrogen (secondary N) is 2. The number of furan rings is 1. The SMILES string of the molecule is CC(C)(C)[C@H]1CCc2c(sc3c2C(=O)N[C@H](c2ccc(-c4cc(Cl)cc(Cl)c4)o2)N3)C1. The fourth-order valence-corrected chi connectivity index (χ4v) is 6.42. The molecule has 1 amide bonds. The highest BCUT2D eigenvalue weighted by Gasteiger charge is 2.37. The Morgan fingerprint density at radius 2 is 1.84 bits per heavy atom. The molecule has 162 valence electrons. The topological polar surface area (TPSA) is 54.3 Å². The number of hydrogen-bond acceptors (Lipinski definition) is 4. The van der Waals surface area contributed by atoms with Gasteiger partial charge < -0.3 is 15.1 Å². The molecule has 0 fully saturated rings. The van der Waals surface area contributed by atoms with E-state index in [1.165, 1.54) is 10.4 Å². The minimum Gasteiger partial charge on any atom is -0.457 e. The number of thiophene rings is 1. The Kier molecular flexibility index (Phi) is 5.11. The van der Waals surface area contributed by atoms with E-state index >= 15 is 0 Å². The van der Waals surface area contributed by atoms with E-state index in [0.717, 1.165) is 35.4 Å². The summed E-state index contributed by atoms with van der Waals surface area (Å²) in [5.74, 6) is 1.90. The van der Waals surface area contributed by atoms with Gasteiger partial charge in [0.15, 0.2) is 6.17 Å². The lowest BCUT2D eigenvalue weighted by Crippen LogP contribution is -2.38. The quantitative estimate of drug-likeness (QED) is 0.408. The molecule has 5 rings (SSSR count). The van der Waals surface area contributed by atoms with Crippen molar-refractivity contribution >= 4 is 45.4 Å². The first kappa shape index (κ1) is 20.9. The van der Waals surface area contributed by atoms with E-state index in [9.17, 15) is 4.79 Å². The van der Waals surface area contributed by atoms with Crippen LogP contribution < -0.4 is 10.6 Å². The zero-order valence-corrected chi connectivity index (χ0v) is 20.0. The van der Waals surface area contributed by atoms with Crippen molar-refractivity contribution in [3.63, 3.8) is 0 Å². The number of benzene rings is 1. The van der Waals surface area contributed by atoms with Crippen LogP contribution in [0.4, 0.5) is 5.00 Å². The molecule has 1 aliphatic heterocycles. The predicted octanol–water partition coefficient (Wildman–Crippen LogP) is 7.32. The van der Waals surface area contributed by atoms with Crippen LogP contribution in [0.2, 0.25) is 10.0 Å². The fraction of sp³-hybridized carbons (Fsp3) is 0.375. The number of fused-ring (bicyclic) bond motifs is 3. The average molecular weight is 475 g/mol. The van der Waals surface area contributed by atoms with Crippen LogP contribution in [0.25, 0.3) is 11.3 Å². The average Bonchev–Trinajstić information content (AvgIpc) is 3.31. The lowest BCUT2D eigenvalue weighted by atomic mass is 9.72. The molecule has 2 aliphatic rings. The molecule has 0 radical (unpaired) electrons. The number of amides is 1. The highest BCUT2D eigenvalue weighted by Crippen LogP contribution is 2.46. The van der Waals surface area contributed by atoms with Gasteiger partial charge in [-0.2, -0.15) is 0 Å². The van der Waals surface area contributed by atoms with Gasteiger partial charge in [0.05, 0.1) is 5.56 Å². The maximum atomic E-state index is 13.0. The van der Waals surface area contributed by atoms with Crippen molar-refractivity contribution in [2.75, 3.05) is 5.32 Å². The first-order valence-electron chi connectivity index (χ1n) is 10.5. The third kappa shape index (κ3) is 3.88. The van der Waals surface area contributed by atoms with Gasteiger partial charge in [-0.15, -0.1) is 11.3 Å². The van der Waals surface area contributed by atoms with Gasteiger partial charge in [0.25, 0.3) is 5.91 Å². The Labute approximate surface area is 195 Å². The number of anilines is 1. The number of rotatable bonds is 2. The van der Waals surface area contributed by atoms with Gasteiger partial charge in [-0.05, 0) is 66.5 Å². The van der Waals surface area contributed by atoms with Crippen LogP contribution in [0.3, 0.4) is 0 Å². The van der Waals surface area contributed by atoms with Gasteiger partial charge in [-0.3, -0.25) is 4.79 Å². The molecular weight excluding hydrogens is 451 g/mol. The molecule has 2 N–H and O–H groups in total. The van der Waals surface area contributed by atoms with E-state index in [2.05, 4.69) is 31.4 Å². The molecule has 2 atom stereocenters. The van der Waals surface area contributed by atoms with E-state index in [1.54, 1.807) is 29.5 Å². The summed E-state index contributed by atoms with van der Waals surface area (Å²) < 4.78 is 6.06. The van der Waals surface area contributed by atoms with Crippen LogP contribution in [0.15, 0.2) is 34.7 Å². The smallest absolute Gasteiger partial charge is 0.256 e. The van der Waals surface area contributed by atoms with Gasteiger partial charge in [-0.1, -0.05) is 44.0 Å². The Morgan fingerprint density at radius 3 is 2.55 bits per heavy atom. The van der Waals surface area contributed by atoms with Crippen LogP contribution in [-0.4, -0.2) is 5.91 Å².